The number of ether oxygens (including phenoxy) is 2. The zero-order chi connectivity index (χ0) is 22.5. The molecular weight excluding hydrogens is 408 g/mol. The number of aromatic hydroxyl groups is 1. The molecule has 11 heteroatoms. The zero-order valence-electron chi connectivity index (χ0n) is 17.2. The number of carbonyl (C=O) groups is 2. The minimum atomic E-state index is -1.06. The van der Waals surface area contributed by atoms with Crippen LogP contribution in [0.3, 0.4) is 0 Å². The first-order chi connectivity index (χ1) is 14.8. The van der Waals surface area contributed by atoms with Gasteiger partial charge >= 0.3 is 6.09 Å². The number of hydrogen-bond acceptors (Lipinski definition) is 7. The molecule has 0 radical (unpaired) electrons. The number of likely N-dealkylation sites (tertiary alicyclic amines) is 1. The smallest absolute Gasteiger partial charge is 0.407 e. The van der Waals surface area contributed by atoms with E-state index in [4.69, 9.17) is 9.47 Å². The maximum absolute atomic E-state index is 12.7. The summed E-state index contributed by atoms with van der Waals surface area (Å²) in [6.45, 7) is 0.577. The summed E-state index contributed by atoms with van der Waals surface area (Å²) in [6, 6.07) is 5.19. The third-order valence-electron chi connectivity index (χ3n) is 5.13. The Labute approximate surface area is 177 Å². The number of rotatable bonds is 6. The monoisotopic (exact) mass is 432 g/mol. The highest BCUT2D eigenvalue weighted by atomic mass is 16.5. The largest absolute Gasteiger partial charge is 0.501 e. The van der Waals surface area contributed by atoms with E-state index in [1.807, 2.05) is 0 Å². The van der Waals surface area contributed by atoms with Gasteiger partial charge in [-0.2, -0.15) is 0 Å². The van der Waals surface area contributed by atoms with E-state index in [0.29, 0.717) is 36.4 Å². The molecule has 1 unspecified atom stereocenters. The predicted octanol–water partition coefficient (Wildman–Crippen LogP) is 1.28. The van der Waals surface area contributed by atoms with E-state index in [1.54, 1.807) is 18.2 Å². The topological polar surface area (TPSA) is 154 Å². The van der Waals surface area contributed by atoms with Crippen LogP contribution in [0.5, 0.6) is 17.2 Å². The number of benzene rings is 1. The number of aromatic nitrogens is 2. The van der Waals surface area contributed by atoms with Crippen molar-refractivity contribution in [1.29, 1.82) is 0 Å². The van der Waals surface area contributed by atoms with Crippen LogP contribution in [0, 0.1) is 0 Å². The lowest BCUT2D eigenvalue weighted by atomic mass is 9.97. The van der Waals surface area contributed by atoms with Gasteiger partial charge in [-0.1, -0.05) is 12.1 Å². The maximum atomic E-state index is 12.7. The van der Waals surface area contributed by atoms with Gasteiger partial charge in [0, 0.05) is 31.1 Å². The van der Waals surface area contributed by atoms with Crippen LogP contribution in [-0.2, 0) is 6.54 Å². The number of amides is 2. The summed E-state index contributed by atoms with van der Waals surface area (Å²) in [5.74, 6) is -0.828. The molecule has 2 aromatic rings. The van der Waals surface area contributed by atoms with E-state index in [0.717, 1.165) is 0 Å². The quantitative estimate of drug-likeness (QED) is 0.532. The standard InChI is InChI=1S/C20H24N4O7/c1-30-13-7-3-5-11(16(13)31-2)9-21-18(26)14-15(25)19(27)23-17(22-14)12-6-4-8-24(10-12)20(28)29/h3,5,7,12,25H,4,6,8-10H2,1-2H3,(H,21,26)(H,28,29)(H,22,23,27). The van der Waals surface area contributed by atoms with Crippen molar-refractivity contribution in [3.8, 4) is 17.2 Å². The molecule has 1 aromatic heterocycles. The zero-order valence-corrected chi connectivity index (χ0v) is 17.2. The van der Waals surface area contributed by atoms with Gasteiger partial charge in [0.05, 0.1) is 14.2 Å². The number of methoxy groups -OCH3 is 2. The lowest BCUT2D eigenvalue weighted by Gasteiger charge is -2.30. The summed E-state index contributed by atoms with van der Waals surface area (Å²) in [6.07, 6.45) is 0.134. The number of nitrogens with zero attached hydrogens (tertiary/aromatic N) is 2. The van der Waals surface area contributed by atoms with Crippen LogP contribution in [0.15, 0.2) is 23.0 Å². The van der Waals surface area contributed by atoms with Gasteiger partial charge in [-0.05, 0) is 18.9 Å². The highest BCUT2D eigenvalue weighted by Crippen LogP contribution is 2.30. The molecule has 166 valence electrons. The molecular formula is C20H24N4O7. The molecule has 1 atom stereocenters. The summed E-state index contributed by atoms with van der Waals surface area (Å²) < 4.78 is 10.6. The van der Waals surface area contributed by atoms with Crippen molar-refractivity contribution >= 4 is 12.0 Å². The van der Waals surface area contributed by atoms with Crippen molar-refractivity contribution in [2.45, 2.75) is 25.3 Å². The number of carboxylic acid groups (broad SMARTS) is 1. The summed E-state index contributed by atoms with van der Waals surface area (Å²) in [5.41, 5.74) is -0.654. The predicted molar refractivity (Wildman–Crippen MR) is 109 cm³/mol. The minimum Gasteiger partial charge on any atom is -0.501 e. The number of aromatic amines is 1. The first kappa shape index (κ1) is 21.9. The fourth-order valence-electron chi connectivity index (χ4n) is 3.56. The highest BCUT2D eigenvalue weighted by molar-refractivity contribution is 5.94. The second kappa shape index (κ2) is 9.37. The number of piperidine rings is 1. The number of nitrogens with one attached hydrogen (secondary N) is 2. The second-order valence-corrected chi connectivity index (χ2v) is 7.05. The fourth-order valence-corrected chi connectivity index (χ4v) is 3.56. The molecule has 1 aromatic carbocycles. The average Bonchev–Trinajstić information content (AvgIpc) is 2.78. The van der Waals surface area contributed by atoms with Crippen LogP contribution in [0.2, 0.25) is 0 Å². The van der Waals surface area contributed by atoms with Crippen molar-refractivity contribution in [3.05, 3.63) is 45.6 Å². The van der Waals surface area contributed by atoms with Gasteiger partial charge in [-0.3, -0.25) is 9.59 Å². The molecule has 0 aliphatic carbocycles. The SMILES string of the molecule is COc1cccc(CNC(=O)c2nc(C3CCCN(C(=O)O)C3)[nH]c(=O)c2O)c1OC. The van der Waals surface area contributed by atoms with Crippen LogP contribution in [0.1, 0.15) is 40.6 Å². The summed E-state index contributed by atoms with van der Waals surface area (Å²) in [4.78, 5) is 44.0. The molecule has 0 spiro atoms. The molecule has 4 N–H and O–H groups in total. The van der Waals surface area contributed by atoms with E-state index >= 15 is 0 Å². The van der Waals surface area contributed by atoms with Gasteiger partial charge in [0.15, 0.2) is 17.2 Å². The van der Waals surface area contributed by atoms with Crippen molar-refractivity contribution in [2.24, 2.45) is 0 Å². The molecule has 11 nitrogen and oxygen atoms in total. The van der Waals surface area contributed by atoms with Gasteiger partial charge in [-0.15, -0.1) is 0 Å². The van der Waals surface area contributed by atoms with E-state index < -0.39 is 29.0 Å². The van der Waals surface area contributed by atoms with Gasteiger partial charge in [-0.25, -0.2) is 9.78 Å². The molecule has 1 saturated heterocycles. The van der Waals surface area contributed by atoms with Gasteiger partial charge in [0.1, 0.15) is 5.82 Å². The van der Waals surface area contributed by atoms with Crippen LogP contribution in [-0.4, -0.2) is 64.4 Å². The first-order valence-corrected chi connectivity index (χ1v) is 9.64. The second-order valence-electron chi connectivity index (χ2n) is 7.05. The molecule has 0 saturated carbocycles. The lowest BCUT2D eigenvalue weighted by Crippen LogP contribution is -2.39. The summed E-state index contributed by atoms with van der Waals surface area (Å²) in [5, 5.41) is 21.9. The Morgan fingerprint density at radius 2 is 2.10 bits per heavy atom. The maximum Gasteiger partial charge on any atom is 0.407 e. The van der Waals surface area contributed by atoms with Gasteiger partial charge in [0.25, 0.3) is 11.5 Å². The summed E-state index contributed by atoms with van der Waals surface area (Å²) >= 11 is 0. The number of H-pyrrole nitrogens is 1. The first-order valence-electron chi connectivity index (χ1n) is 9.64. The van der Waals surface area contributed by atoms with E-state index in [2.05, 4.69) is 15.3 Å². The molecule has 0 bridgehead atoms. The lowest BCUT2D eigenvalue weighted by molar-refractivity contribution is 0.0940. The molecule has 2 heterocycles. The Bertz CT molecular complexity index is 1040. The Hall–Kier alpha value is -3.76. The van der Waals surface area contributed by atoms with E-state index in [9.17, 15) is 24.6 Å². The van der Waals surface area contributed by atoms with Crippen LogP contribution < -0.4 is 20.3 Å². The Kier molecular flexibility index (Phi) is 6.63. The van der Waals surface area contributed by atoms with Crippen LogP contribution in [0.4, 0.5) is 4.79 Å². The molecule has 1 fully saturated rings. The third kappa shape index (κ3) is 4.71. The van der Waals surface area contributed by atoms with Gasteiger partial charge < -0.3 is 34.9 Å². The average molecular weight is 432 g/mol. The number of para-hydroxylation sites is 1. The van der Waals surface area contributed by atoms with Crippen LogP contribution in [0.25, 0.3) is 0 Å². The molecule has 31 heavy (non-hydrogen) atoms. The third-order valence-corrected chi connectivity index (χ3v) is 5.13. The van der Waals surface area contributed by atoms with E-state index in [1.165, 1.54) is 19.1 Å². The fraction of sp³-hybridized carbons (Fsp3) is 0.400. The minimum absolute atomic E-state index is 0.0404. The number of hydrogen-bond donors (Lipinski definition) is 4. The highest BCUT2D eigenvalue weighted by Gasteiger charge is 2.28. The normalized spacial score (nSPS) is 15.9. The van der Waals surface area contributed by atoms with Crippen molar-refractivity contribution in [1.82, 2.24) is 20.2 Å². The molecule has 3 rings (SSSR count). The van der Waals surface area contributed by atoms with Crippen molar-refractivity contribution in [2.75, 3.05) is 27.3 Å². The van der Waals surface area contributed by atoms with E-state index in [-0.39, 0.29) is 24.8 Å². The van der Waals surface area contributed by atoms with Crippen LogP contribution >= 0.6 is 0 Å². The molecule has 1 aliphatic heterocycles. The Morgan fingerprint density at radius 1 is 1.32 bits per heavy atom. The van der Waals surface area contributed by atoms with Gasteiger partial charge in [0.2, 0.25) is 5.75 Å². The Morgan fingerprint density at radius 3 is 2.77 bits per heavy atom. The summed E-state index contributed by atoms with van der Waals surface area (Å²) in [7, 11) is 2.97. The number of carbonyl (C=O) groups excluding carboxylic acids is 1. The van der Waals surface area contributed by atoms with Crippen molar-refractivity contribution in [3.63, 3.8) is 0 Å². The van der Waals surface area contributed by atoms with Crippen molar-refractivity contribution < 1.29 is 29.3 Å². The Balaban J connectivity index is 1.82. The molecule has 1 aliphatic rings. The molecule has 2 amide bonds.